The Balaban J connectivity index is 1.53. The van der Waals surface area contributed by atoms with Crippen molar-refractivity contribution in [1.82, 2.24) is 15.2 Å². The van der Waals surface area contributed by atoms with Crippen LogP contribution in [0, 0.1) is 5.82 Å². The van der Waals surface area contributed by atoms with Gasteiger partial charge in [-0.25, -0.2) is 4.39 Å². The number of nitrogens with one attached hydrogen (secondary N) is 2. The molecule has 0 unspecified atom stereocenters. The van der Waals surface area contributed by atoms with Crippen molar-refractivity contribution < 1.29 is 14.0 Å². The molecule has 1 aromatic heterocycles. The zero-order chi connectivity index (χ0) is 19.2. The Morgan fingerprint density at radius 1 is 1.07 bits per heavy atom. The van der Waals surface area contributed by atoms with Gasteiger partial charge in [0.15, 0.2) is 0 Å². The molecule has 2 aromatic carbocycles. The number of aromatic amines is 1. The first kappa shape index (κ1) is 18.6. The normalized spacial score (nSPS) is 10.7. The molecule has 2 N–H and O–H groups in total. The van der Waals surface area contributed by atoms with E-state index in [9.17, 15) is 14.0 Å². The molecule has 140 valence electrons. The summed E-state index contributed by atoms with van der Waals surface area (Å²) in [7, 11) is 0. The zero-order valence-corrected chi connectivity index (χ0v) is 15.2. The van der Waals surface area contributed by atoms with Gasteiger partial charge in [0, 0.05) is 49.2 Å². The van der Waals surface area contributed by atoms with Gasteiger partial charge in [-0.2, -0.15) is 0 Å². The van der Waals surface area contributed by atoms with Crippen LogP contribution in [0.4, 0.5) is 4.39 Å². The monoisotopic (exact) mass is 367 g/mol. The lowest BCUT2D eigenvalue weighted by atomic mass is 10.1. The van der Waals surface area contributed by atoms with E-state index in [1.165, 1.54) is 17.9 Å². The van der Waals surface area contributed by atoms with E-state index in [0.717, 1.165) is 16.5 Å². The first-order valence-electron chi connectivity index (χ1n) is 8.85. The van der Waals surface area contributed by atoms with Crippen LogP contribution in [0.15, 0.2) is 54.7 Å². The van der Waals surface area contributed by atoms with Gasteiger partial charge < -0.3 is 15.2 Å². The van der Waals surface area contributed by atoms with Crippen molar-refractivity contribution in [2.45, 2.75) is 19.9 Å². The van der Waals surface area contributed by atoms with Gasteiger partial charge in [-0.05, 0) is 17.7 Å². The summed E-state index contributed by atoms with van der Waals surface area (Å²) in [4.78, 5) is 28.7. The number of nitrogens with zero attached hydrogens (tertiary/aromatic N) is 1. The Morgan fingerprint density at radius 3 is 2.59 bits per heavy atom. The highest BCUT2D eigenvalue weighted by Crippen LogP contribution is 2.18. The van der Waals surface area contributed by atoms with E-state index >= 15 is 0 Å². The maximum absolute atomic E-state index is 13.8. The molecule has 6 heteroatoms. The van der Waals surface area contributed by atoms with Crippen LogP contribution >= 0.6 is 0 Å². The molecular weight excluding hydrogens is 345 g/mol. The third-order valence-electron chi connectivity index (χ3n) is 4.49. The molecule has 0 saturated carbocycles. The second kappa shape index (κ2) is 8.49. The Morgan fingerprint density at radius 2 is 1.81 bits per heavy atom. The van der Waals surface area contributed by atoms with E-state index in [1.807, 2.05) is 30.5 Å². The molecule has 5 nitrogen and oxygen atoms in total. The van der Waals surface area contributed by atoms with Crippen LogP contribution in [0.5, 0.6) is 0 Å². The van der Waals surface area contributed by atoms with Crippen molar-refractivity contribution in [3.05, 3.63) is 71.7 Å². The van der Waals surface area contributed by atoms with E-state index in [1.54, 1.807) is 18.2 Å². The minimum absolute atomic E-state index is 0.117. The number of fused-ring (bicyclic) bond motifs is 1. The summed E-state index contributed by atoms with van der Waals surface area (Å²) in [5.41, 5.74) is 2.38. The van der Waals surface area contributed by atoms with Gasteiger partial charge in [-0.1, -0.05) is 36.4 Å². The summed E-state index contributed by atoms with van der Waals surface area (Å²) in [6, 6.07) is 14.2. The van der Waals surface area contributed by atoms with E-state index < -0.39 is 0 Å². The molecule has 2 amide bonds. The van der Waals surface area contributed by atoms with Gasteiger partial charge in [-0.15, -0.1) is 0 Å². The molecule has 3 aromatic rings. The third kappa shape index (κ3) is 4.73. The Kier molecular flexibility index (Phi) is 5.86. The number of carbonyl (C=O) groups excluding carboxylic acids is 2. The molecule has 0 spiro atoms. The van der Waals surface area contributed by atoms with E-state index in [4.69, 9.17) is 0 Å². The van der Waals surface area contributed by atoms with Crippen molar-refractivity contribution in [1.29, 1.82) is 0 Å². The molecule has 0 fully saturated rings. The van der Waals surface area contributed by atoms with Gasteiger partial charge in [0.2, 0.25) is 11.8 Å². The third-order valence-corrected chi connectivity index (χ3v) is 4.49. The number of carbonyl (C=O) groups is 2. The van der Waals surface area contributed by atoms with E-state index in [2.05, 4.69) is 10.3 Å². The topological polar surface area (TPSA) is 65.2 Å². The molecule has 27 heavy (non-hydrogen) atoms. The molecule has 0 aliphatic carbocycles. The molecule has 0 radical (unpaired) electrons. The van der Waals surface area contributed by atoms with Crippen LogP contribution in [0.3, 0.4) is 0 Å². The first-order valence-corrected chi connectivity index (χ1v) is 8.85. The molecule has 0 aliphatic rings. The van der Waals surface area contributed by atoms with E-state index in [-0.39, 0.29) is 30.6 Å². The Bertz CT molecular complexity index is 951. The van der Waals surface area contributed by atoms with Crippen molar-refractivity contribution >= 4 is 22.7 Å². The van der Waals surface area contributed by atoms with Gasteiger partial charge in [0.05, 0.1) is 6.42 Å². The summed E-state index contributed by atoms with van der Waals surface area (Å²) in [5, 5.41) is 3.86. The van der Waals surface area contributed by atoms with Crippen molar-refractivity contribution in [3.8, 4) is 0 Å². The maximum Gasteiger partial charge on any atom is 0.224 e. The van der Waals surface area contributed by atoms with Crippen LogP contribution in [0.2, 0.25) is 0 Å². The van der Waals surface area contributed by atoms with Gasteiger partial charge in [0.1, 0.15) is 5.82 Å². The zero-order valence-electron chi connectivity index (χ0n) is 15.2. The summed E-state index contributed by atoms with van der Waals surface area (Å²) in [5.74, 6) is -0.620. The summed E-state index contributed by atoms with van der Waals surface area (Å²) < 4.78 is 13.8. The number of amides is 2. The average molecular weight is 367 g/mol. The molecule has 3 rings (SSSR count). The van der Waals surface area contributed by atoms with Crippen molar-refractivity contribution in [2.75, 3.05) is 13.1 Å². The van der Waals surface area contributed by atoms with Crippen LogP contribution in [0.1, 0.15) is 18.1 Å². The minimum Gasteiger partial charge on any atom is -0.361 e. The SMILES string of the molecule is CC(=O)N(CCNC(=O)Cc1c[nH]c2ccccc12)Cc1ccccc1F. The smallest absolute Gasteiger partial charge is 0.224 e. The number of hydrogen-bond acceptors (Lipinski definition) is 2. The largest absolute Gasteiger partial charge is 0.361 e. The Hall–Kier alpha value is -3.15. The molecule has 1 heterocycles. The second-order valence-corrected chi connectivity index (χ2v) is 6.42. The highest BCUT2D eigenvalue weighted by molar-refractivity contribution is 5.88. The molecule has 0 saturated heterocycles. The Labute approximate surface area is 157 Å². The quantitative estimate of drug-likeness (QED) is 0.674. The fourth-order valence-electron chi connectivity index (χ4n) is 3.02. The predicted molar refractivity (Wildman–Crippen MR) is 103 cm³/mol. The number of aromatic nitrogens is 1. The molecule has 0 aliphatic heterocycles. The number of rotatable bonds is 7. The summed E-state index contributed by atoms with van der Waals surface area (Å²) >= 11 is 0. The minimum atomic E-state index is -0.341. The van der Waals surface area contributed by atoms with Crippen LogP contribution in [0.25, 0.3) is 10.9 Å². The molecule has 0 atom stereocenters. The van der Waals surface area contributed by atoms with Gasteiger partial charge in [0.25, 0.3) is 0 Å². The highest BCUT2D eigenvalue weighted by Gasteiger charge is 2.13. The average Bonchev–Trinajstić information content (AvgIpc) is 3.05. The lowest BCUT2D eigenvalue weighted by Gasteiger charge is -2.21. The number of halogens is 1. The lowest BCUT2D eigenvalue weighted by molar-refractivity contribution is -0.130. The maximum atomic E-state index is 13.8. The highest BCUT2D eigenvalue weighted by atomic mass is 19.1. The summed E-state index contributed by atoms with van der Waals surface area (Å²) in [6.07, 6.45) is 2.10. The van der Waals surface area contributed by atoms with E-state index in [0.29, 0.717) is 18.7 Å². The lowest BCUT2D eigenvalue weighted by Crippen LogP contribution is -2.37. The van der Waals surface area contributed by atoms with Crippen LogP contribution in [-0.4, -0.2) is 34.8 Å². The molecule has 0 bridgehead atoms. The fraction of sp³-hybridized carbons (Fsp3) is 0.238. The van der Waals surface area contributed by atoms with Crippen molar-refractivity contribution in [3.63, 3.8) is 0 Å². The number of benzene rings is 2. The number of hydrogen-bond donors (Lipinski definition) is 2. The van der Waals surface area contributed by atoms with Crippen LogP contribution < -0.4 is 5.32 Å². The van der Waals surface area contributed by atoms with Crippen LogP contribution in [-0.2, 0) is 22.6 Å². The predicted octanol–water partition coefficient (Wildman–Crippen LogP) is 3.01. The first-order chi connectivity index (χ1) is 13.0. The van der Waals surface area contributed by atoms with Gasteiger partial charge >= 0.3 is 0 Å². The fourth-order valence-corrected chi connectivity index (χ4v) is 3.02. The number of para-hydroxylation sites is 1. The van der Waals surface area contributed by atoms with Gasteiger partial charge in [-0.3, -0.25) is 9.59 Å². The van der Waals surface area contributed by atoms with Crippen molar-refractivity contribution in [2.24, 2.45) is 0 Å². The molecular formula is C21H22FN3O2. The second-order valence-electron chi connectivity index (χ2n) is 6.42. The number of H-pyrrole nitrogens is 1. The summed E-state index contributed by atoms with van der Waals surface area (Å²) in [6.45, 7) is 2.26. The standard InChI is InChI=1S/C21H22FN3O2/c1-15(26)25(14-16-6-2-4-8-19(16)22)11-10-23-21(27)12-17-13-24-20-9-5-3-7-18(17)20/h2-9,13,24H,10-12,14H2,1H3,(H,23,27).